The van der Waals surface area contributed by atoms with E-state index in [1.54, 1.807) is 24.5 Å². The number of nitrogens with one attached hydrogen (secondary N) is 1. The monoisotopic (exact) mass is 436 g/mol. The summed E-state index contributed by atoms with van der Waals surface area (Å²) in [5.74, 6) is 0.496. The molecule has 0 spiro atoms. The molecule has 8 heteroatoms. The molecule has 3 rings (SSSR count). The fraction of sp³-hybridized carbons (Fsp3) is 0.417. The van der Waals surface area contributed by atoms with Crippen molar-refractivity contribution in [2.75, 3.05) is 26.4 Å². The number of benzene rings is 1. The normalized spacial score (nSPS) is 11.3. The predicted molar refractivity (Wildman–Crippen MR) is 122 cm³/mol. The van der Waals surface area contributed by atoms with Crippen LogP contribution in [0.4, 0.5) is 4.79 Å². The number of amides is 1. The van der Waals surface area contributed by atoms with Gasteiger partial charge in [-0.05, 0) is 51.8 Å². The van der Waals surface area contributed by atoms with Crippen LogP contribution in [0, 0.1) is 11.3 Å². The molecular formula is C24H28N4O4. The Kier molecular flexibility index (Phi) is 7.79. The molecule has 8 nitrogen and oxygen atoms in total. The third kappa shape index (κ3) is 6.53. The number of nitriles is 1. The van der Waals surface area contributed by atoms with Gasteiger partial charge >= 0.3 is 6.09 Å². The number of hydrogen-bond donors (Lipinski definition) is 1. The van der Waals surface area contributed by atoms with Gasteiger partial charge in [0.1, 0.15) is 12.2 Å². The standard InChI is InChI=1S/C24H28N4O4/c1-24(2,3)32-23(29)27-9-4-5-11-30-12-13-31-22-19-8-10-26-16-20(19)18-7-6-17(15-25)14-21(18)28-22/h6-8,10,14,16H,4-5,9,11-13H2,1-3H3,(H,27,29). The van der Waals surface area contributed by atoms with Crippen molar-refractivity contribution in [3.05, 3.63) is 42.2 Å². The molecule has 0 aliphatic carbocycles. The van der Waals surface area contributed by atoms with E-state index >= 15 is 0 Å². The molecule has 0 fully saturated rings. The molecule has 2 heterocycles. The molecule has 2 aromatic heterocycles. The van der Waals surface area contributed by atoms with Crippen LogP contribution in [0.15, 0.2) is 36.7 Å². The lowest BCUT2D eigenvalue weighted by molar-refractivity contribution is 0.0523. The van der Waals surface area contributed by atoms with E-state index in [1.165, 1.54) is 0 Å². The van der Waals surface area contributed by atoms with E-state index in [0.29, 0.717) is 43.3 Å². The SMILES string of the molecule is CC(C)(C)OC(=O)NCCCCOCCOc1nc2cc(C#N)ccc2c2cnccc12. The van der Waals surface area contributed by atoms with Crippen molar-refractivity contribution in [1.82, 2.24) is 15.3 Å². The summed E-state index contributed by atoms with van der Waals surface area (Å²) in [6, 6.07) is 9.41. The van der Waals surface area contributed by atoms with Crippen molar-refractivity contribution < 1.29 is 19.0 Å². The fourth-order valence-corrected chi connectivity index (χ4v) is 3.13. The van der Waals surface area contributed by atoms with Crippen molar-refractivity contribution >= 4 is 27.8 Å². The number of unbranched alkanes of at least 4 members (excludes halogenated alkanes) is 1. The van der Waals surface area contributed by atoms with Crippen LogP contribution in [0.25, 0.3) is 21.7 Å². The highest BCUT2D eigenvalue weighted by Gasteiger charge is 2.15. The Morgan fingerprint density at radius 3 is 2.72 bits per heavy atom. The average Bonchev–Trinajstić information content (AvgIpc) is 2.76. The van der Waals surface area contributed by atoms with Gasteiger partial charge in [-0.1, -0.05) is 6.07 Å². The Morgan fingerprint density at radius 1 is 1.09 bits per heavy atom. The highest BCUT2D eigenvalue weighted by atomic mass is 16.6. The number of carbonyl (C=O) groups is 1. The van der Waals surface area contributed by atoms with Crippen molar-refractivity contribution in [3.63, 3.8) is 0 Å². The summed E-state index contributed by atoms with van der Waals surface area (Å²) in [6.07, 6.45) is 4.69. The van der Waals surface area contributed by atoms with Gasteiger partial charge in [0.05, 0.1) is 23.8 Å². The minimum absolute atomic E-state index is 0.351. The second-order valence-electron chi connectivity index (χ2n) is 8.28. The lowest BCUT2D eigenvalue weighted by Gasteiger charge is -2.19. The second-order valence-corrected chi connectivity index (χ2v) is 8.28. The Hall–Kier alpha value is -3.44. The highest BCUT2D eigenvalue weighted by molar-refractivity contribution is 6.07. The largest absolute Gasteiger partial charge is 0.475 e. The van der Waals surface area contributed by atoms with Gasteiger partial charge in [0, 0.05) is 41.7 Å². The van der Waals surface area contributed by atoms with Crippen LogP contribution < -0.4 is 10.1 Å². The van der Waals surface area contributed by atoms with Gasteiger partial charge in [0.25, 0.3) is 0 Å². The zero-order valence-electron chi connectivity index (χ0n) is 18.7. The fourth-order valence-electron chi connectivity index (χ4n) is 3.13. The van der Waals surface area contributed by atoms with Crippen molar-refractivity contribution in [1.29, 1.82) is 5.26 Å². The summed E-state index contributed by atoms with van der Waals surface area (Å²) >= 11 is 0. The van der Waals surface area contributed by atoms with Crippen LogP contribution in [-0.2, 0) is 9.47 Å². The van der Waals surface area contributed by atoms with Gasteiger partial charge in [-0.2, -0.15) is 5.26 Å². The van der Waals surface area contributed by atoms with Crippen LogP contribution in [0.5, 0.6) is 5.88 Å². The van der Waals surface area contributed by atoms with E-state index in [-0.39, 0.29) is 0 Å². The van der Waals surface area contributed by atoms with Crippen LogP contribution in [0.2, 0.25) is 0 Å². The summed E-state index contributed by atoms with van der Waals surface area (Å²) in [7, 11) is 0. The molecular weight excluding hydrogens is 408 g/mol. The number of hydrogen-bond acceptors (Lipinski definition) is 7. The van der Waals surface area contributed by atoms with E-state index in [2.05, 4.69) is 21.4 Å². The zero-order valence-corrected chi connectivity index (χ0v) is 18.7. The Balaban J connectivity index is 1.44. The number of alkyl carbamates (subject to hydrolysis) is 1. The Bertz CT molecular complexity index is 1120. The van der Waals surface area contributed by atoms with Crippen LogP contribution in [0.3, 0.4) is 0 Å². The lowest BCUT2D eigenvalue weighted by Crippen LogP contribution is -2.33. The lowest BCUT2D eigenvalue weighted by atomic mass is 10.1. The van der Waals surface area contributed by atoms with Crippen LogP contribution in [-0.4, -0.2) is 48.0 Å². The summed E-state index contributed by atoms with van der Waals surface area (Å²) in [4.78, 5) is 20.4. The van der Waals surface area contributed by atoms with Crippen molar-refractivity contribution in [2.24, 2.45) is 0 Å². The Labute approximate surface area is 187 Å². The topological polar surface area (TPSA) is 106 Å². The predicted octanol–water partition coefficient (Wildman–Crippen LogP) is 4.35. The molecule has 3 aromatic rings. The number of carbonyl (C=O) groups excluding carboxylic acids is 1. The number of aromatic nitrogens is 2. The molecule has 0 bridgehead atoms. The molecule has 0 aliphatic rings. The first-order valence-electron chi connectivity index (χ1n) is 10.6. The molecule has 0 aliphatic heterocycles. The molecule has 1 amide bonds. The van der Waals surface area contributed by atoms with Gasteiger partial charge in [0.15, 0.2) is 0 Å². The van der Waals surface area contributed by atoms with Crippen LogP contribution >= 0.6 is 0 Å². The third-order valence-corrected chi connectivity index (χ3v) is 4.54. The first-order valence-corrected chi connectivity index (χ1v) is 10.6. The van der Waals surface area contributed by atoms with Gasteiger partial charge in [-0.15, -0.1) is 0 Å². The molecule has 0 saturated carbocycles. The number of nitrogens with zero attached hydrogens (tertiary/aromatic N) is 3. The number of fused-ring (bicyclic) bond motifs is 3. The summed E-state index contributed by atoms with van der Waals surface area (Å²) < 4.78 is 16.7. The second kappa shape index (κ2) is 10.7. The van der Waals surface area contributed by atoms with Crippen molar-refractivity contribution in [3.8, 4) is 11.9 Å². The van der Waals surface area contributed by atoms with E-state index in [0.717, 1.165) is 29.0 Å². The summed E-state index contributed by atoms with van der Waals surface area (Å²) in [5.41, 5.74) is 0.745. The number of rotatable bonds is 9. The maximum Gasteiger partial charge on any atom is 0.407 e. The number of pyridine rings is 2. The van der Waals surface area contributed by atoms with Crippen LogP contribution in [0.1, 0.15) is 39.2 Å². The van der Waals surface area contributed by atoms with E-state index < -0.39 is 11.7 Å². The minimum atomic E-state index is -0.493. The van der Waals surface area contributed by atoms with Crippen molar-refractivity contribution in [2.45, 2.75) is 39.2 Å². The molecule has 0 unspecified atom stereocenters. The quantitative estimate of drug-likeness (QED) is 0.392. The van der Waals surface area contributed by atoms with Gasteiger partial charge in [-0.3, -0.25) is 4.98 Å². The molecule has 0 radical (unpaired) electrons. The molecule has 0 atom stereocenters. The first kappa shape index (κ1) is 23.2. The molecule has 168 valence electrons. The maximum atomic E-state index is 11.6. The minimum Gasteiger partial charge on any atom is -0.475 e. The van der Waals surface area contributed by atoms with E-state index in [1.807, 2.05) is 32.9 Å². The Morgan fingerprint density at radius 2 is 1.94 bits per heavy atom. The average molecular weight is 437 g/mol. The molecule has 0 saturated heterocycles. The van der Waals surface area contributed by atoms with E-state index in [4.69, 9.17) is 19.5 Å². The number of ether oxygens (including phenoxy) is 3. The first-order chi connectivity index (χ1) is 15.4. The maximum absolute atomic E-state index is 11.6. The summed E-state index contributed by atoms with van der Waals surface area (Å²) in [5, 5.41) is 14.6. The van der Waals surface area contributed by atoms with Gasteiger partial charge in [-0.25, -0.2) is 9.78 Å². The molecule has 1 N–H and O–H groups in total. The molecule has 32 heavy (non-hydrogen) atoms. The van der Waals surface area contributed by atoms with Gasteiger partial charge in [0.2, 0.25) is 5.88 Å². The summed E-state index contributed by atoms with van der Waals surface area (Å²) in [6.45, 7) is 7.38. The highest BCUT2D eigenvalue weighted by Crippen LogP contribution is 2.30. The smallest absolute Gasteiger partial charge is 0.407 e. The van der Waals surface area contributed by atoms with Gasteiger partial charge < -0.3 is 19.5 Å². The van der Waals surface area contributed by atoms with E-state index in [9.17, 15) is 4.79 Å². The zero-order chi connectivity index (χ0) is 23.0. The molecule has 1 aromatic carbocycles. The third-order valence-electron chi connectivity index (χ3n) is 4.54.